The predicted molar refractivity (Wildman–Crippen MR) is 81.9 cm³/mol. The number of carbonyl (C=O) groups excluding carboxylic acids is 1. The molecule has 0 aliphatic carbocycles. The van der Waals surface area contributed by atoms with Gasteiger partial charge in [0.05, 0.1) is 0 Å². The molecule has 0 saturated carbocycles. The van der Waals surface area contributed by atoms with Gasteiger partial charge in [-0.2, -0.15) is 5.26 Å². The molecule has 0 bridgehead atoms. The summed E-state index contributed by atoms with van der Waals surface area (Å²) in [4.78, 5) is 11.9. The van der Waals surface area contributed by atoms with Gasteiger partial charge in [-0.15, -0.1) is 11.6 Å². The molecule has 0 aliphatic heterocycles. The van der Waals surface area contributed by atoms with Crippen LogP contribution in [-0.4, -0.2) is 18.3 Å². The number of hydrogen-bond donors (Lipinski definition) is 2. The summed E-state index contributed by atoms with van der Waals surface area (Å²) in [6, 6.07) is 7.02. The Hall–Kier alpha value is -1.70. The fourth-order valence-corrected chi connectivity index (χ4v) is 1.67. The van der Waals surface area contributed by atoms with Crippen LogP contribution in [0.25, 0.3) is 0 Å². The molecule has 106 valence electrons. The number of benzene rings is 1. The van der Waals surface area contributed by atoms with Gasteiger partial charge < -0.3 is 10.6 Å². The number of nitriles is 1. The molecule has 2 N–H and O–H groups in total. The highest BCUT2D eigenvalue weighted by Crippen LogP contribution is 2.20. The lowest BCUT2D eigenvalue weighted by Crippen LogP contribution is -2.17. The van der Waals surface area contributed by atoms with Crippen molar-refractivity contribution in [3.63, 3.8) is 0 Å². The van der Waals surface area contributed by atoms with E-state index in [1.54, 1.807) is 18.2 Å². The molecule has 1 aromatic rings. The smallest absolute Gasteiger partial charge is 0.267 e. The largest absolute Gasteiger partial charge is 0.390 e. The Bertz CT molecular complexity index is 550. The molecule has 0 saturated heterocycles. The normalized spacial score (nSPS) is 10.8. The number of hydrogen-bond acceptors (Lipinski definition) is 3. The van der Waals surface area contributed by atoms with Crippen LogP contribution in [0.4, 0.5) is 5.69 Å². The van der Waals surface area contributed by atoms with Crippen molar-refractivity contribution in [1.82, 2.24) is 5.32 Å². The molecule has 0 atom stereocenters. The lowest BCUT2D eigenvalue weighted by atomic mass is 10.2. The number of amides is 1. The number of carbonyl (C=O) groups is 1. The van der Waals surface area contributed by atoms with Crippen molar-refractivity contribution in [2.24, 2.45) is 0 Å². The van der Waals surface area contributed by atoms with E-state index >= 15 is 0 Å². The molecular weight excluding hydrogens is 297 g/mol. The molecular formula is C14H15Cl2N3O. The molecule has 1 rings (SSSR count). The summed E-state index contributed by atoms with van der Waals surface area (Å²) in [5.41, 5.74) is 1.47. The Morgan fingerprint density at radius 2 is 2.25 bits per heavy atom. The Morgan fingerprint density at radius 1 is 1.50 bits per heavy atom. The van der Waals surface area contributed by atoms with Crippen LogP contribution in [0.5, 0.6) is 0 Å². The first-order valence-electron chi connectivity index (χ1n) is 6.05. The molecule has 1 amide bonds. The van der Waals surface area contributed by atoms with E-state index in [1.807, 2.05) is 13.0 Å². The second-order valence-electron chi connectivity index (χ2n) is 4.08. The van der Waals surface area contributed by atoms with Crippen molar-refractivity contribution in [3.05, 3.63) is 40.6 Å². The third-order valence-corrected chi connectivity index (χ3v) is 3.17. The topological polar surface area (TPSA) is 64.9 Å². The van der Waals surface area contributed by atoms with E-state index in [9.17, 15) is 4.79 Å². The standard InChI is InChI=1S/C14H15Cl2N3O/c1-10-3-4-12(7-13(10)16)19-14(20)11(8-17)9-18-6-2-5-15/h3-4,7,9,18H,2,5-6H2,1H3,(H,19,20)/b11-9-. The fourth-order valence-electron chi connectivity index (χ4n) is 1.36. The first-order chi connectivity index (χ1) is 9.58. The molecule has 0 radical (unpaired) electrons. The number of nitrogens with one attached hydrogen (secondary N) is 2. The maximum Gasteiger partial charge on any atom is 0.267 e. The average Bonchev–Trinajstić information content (AvgIpc) is 2.43. The second-order valence-corrected chi connectivity index (χ2v) is 4.87. The average molecular weight is 312 g/mol. The lowest BCUT2D eigenvalue weighted by Gasteiger charge is -2.06. The highest BCUT2D eigenvalue weighted by Gasteiger charge is 2.09. The van der Waals surface area contributed by atoms with Crippen LogP contribution >= 0.6 is 23.2 Å². The molecule has 0 spiro atoms. The highest BCUT2D eigenvalue weighted by molar-refractivity contribution is 6.31. The van der Waals surface area contributed by atoms with E-state index in [-0.39, 0.29) is 5.57 Å². The van der Waals surface area contributed by atoms with Crippen molar-refractivity contribution in [2.75, 3.05) is 17.7 Å². The van der Waals surface area contributed by atoms with Crippen LogP contribution in [0.1, 0.15) is 12.0 Å². The number of aryl methyl sites for hydroxylation is 1. The molecule has 20 heavy (non-hydrogen) atoms. The Morgan fingerprint density at radius 3 is 2.85 bits per heavy atom. The summed E-state index contributed by atoms with van der Waals surface area (Å²) in [6.07, 6.45) is 2.14. The first-order valence-corrected chi connectivity index (χ1v) is 6.97. The molecule has 0 aromatic heterocycles. The zero-order valence-corrected chi connectivity index (χ0v) is 12.6. The number of anilines is 1. The fraction of sp³-hybridized carbons (Fsp3) is 0.286. The molecule has 1 aromatic carbocycles. The zero-order valence-electron chi connectivity index (χ0n) is 11.0. The number of alkyl halides is 1. The van der Waals surface area contributed by atoms with Gasteiger partial charge in [-0.3, -0.25) is 4.79 Å². The maximum absolute atomic E-state index is 11.9. The summed E-state index contributed by atoms with van der Waals surface area (Å²) in [6.45, 7) is 2.48. The van der Waals surface area contributed by atoms with Crippen LogP contribution in [0.3, 0.4) is 0 Å². The maximum atomic E-state index is 11.9. The summed E-state index contributed by atoms with van der Waals surface area (Å²) >= 11 is 11.5. The molecule has 0 unspecified atom stereocenters. The van der Waals surface area contributed by atoms with Crippen molar-refractivity contribution in [3.8, 4) is 6.07 Å². The Balaban J connectivity index is 2.67. The minimum atomic E-state index is -0.481. The van der Waals surface area contributed by atoms with E-state index in [2.05, 4.69) is 10.6 Å². The van der Waals surface area contributed by atoms with Gasteiger partial charge in [0, 0.05) is 29.3 Å². The predicted octanol–water partition coefficient (Wildman–Crippen LogP) is 3.21. The van der Waals surface area contributed by atoms with Crippen molar-refractivity contribution in [2.45, 2.75) is 13.3 Å². The van der Waals surface area contributed by atoms with Crippen molar-refractivity contribution < 1.29 is 4.79 Å². The van der Waals surface area contributed by atoms with Gasteiger partial charge in [-0.1, -0.05) is 17.7 Å². The second kappa shape index (κ2) is 8.47. The molecule has 4 nitrogen and oxygen atoms in total. The third-order valence-electron chi connectivity index (χ3n) is 2.50. The minimum Gasteiger partial charge on any atom is -0.390 e. The Kier molecular flexibility index (Phi) is 6.92. The highest BCUT2D eigenvalue weighted by atomic mass is 35.5. The van der Waals surface area contributed by atoms with Gasteiger partial charge >= 0.3 is 0 Å². The summed E-state index contributed by atoms with van der Waals surface area (Å²) in [7, 11) is 0. The molecule has 0 aliphatic rings. The van der Waals surface area contributed by atoms with Crippen molar-refractivity contribution in [1.29, 1.82) is 5.26 Å². The third kappa shape index (κ3) is 5.12. The monoisotopic (exact) mass is 311 g/mol. The van der Waals surface area contributed by atoms with E-state index in [0.717, 1.165) is 12.0 Å². The van der Waals surface area contributed by atoms with Gasteiger partial charge in [0.15, 0.2) is 0 Å². The van der Waals surface area contributed by atoms with E-state index in [0.29, 0.717) is 23.1 Å². The minimum absolute atomic E-state index is 0.00345. The summed E-state index contributed by atoms with van der Waals surface area (Å²) < 4.78 is 0. The zero-order chi connectivity index (χ0) is 15.0. The van der Waals surface area contributed by atoms with Gasteiger partial charge in [0.25, 0.3) is 5.91 Å². The van der Waals surface area contributed by atoms with E-state index in [4.69, 9.17) is 28.5 Å². The SMILES string of the molecule is Cc1ccc(NC(=O)/C(C#N)=C\NCCCCl)cc1Cl. The van der Waals surface area contributed by atoms with Crippen molar-refractivity contribution >= 4 is 34.8 Å². The molecule has 0 heterocycles. The van der Waals surface area contributed by atoms with Crippen LogP contribution < -0.4 is 10.6 Å². The van der Waals surface area contributed by atoms with Gasteiger partial charge in [-0.25, -0.2) is 0 Å². The van der Waals surface area contributed by atoms with E-state index < -0.39 is 5.91 Å². The first kappa shape index (κ1) is 16.4. The van der Waals surface area contributed by atoms with Crippen LogP contribution in [-0.2, 0) is 4.79 Å². The van der Waals surface area contributed by atoms with Gasteiger partial charge in [-0.05, 0) is 31.0 Å². The quantitative estimate of drug-likeness (QED) is 0.367. The number of nitrogens with zero attached hydrogens (tertiary/aromatic N) is 1. The number of rotatable bonds is 6. The van der Waals surface area contributed by atoms with E-state index in [1.165, 1.54) is 6.20 Å². The van der Waals surface area contributed by atoms with Crippen LogP contribution in [0, 0.1) is 18.3 Å². The molecule has 6 heteroatoms. The molecule has 0 fully saturated rings. The number of halogens is 2. The Labute approximate surface area is 128 Å². The summed E-state index contributed by atoms with van der Waals surface area (Å²) in [5.74, 6) is 0.0438. The van der Waals surface area contributed by atoms with Crippen LogP contribution in [0.2, 0.25) is 5.02 Å². The summed E-state index contributed by atoms with van der Waals surface area (Å²) in [5, 5.41) is 15.0. The van der Waals surface area contributed by atoms with Crippen LogP contribution in [0.15, 0.2) is 30.0 Å². The lowest BCUT2D eigenvalue weighted by molar-refractivity contribution is -0.112. The van der Waals surface area contributed by atoms with Gasteiger partial charge in [0.2, 0.25) is 0 Å². The van der Waals surface area contributed by atoms with Gasteiger partial charge in [0.1, 0.15) is 11.6 Å².